The molecule has 1 aromatic carbocycles. The van der Waals surface area contributed by atoms with Crippen LogP contribution in [0.5, 0.6) is 0 Å². The minimum atomic E-state index is 0.600. The number of benzene rings is 1. The molecule has 4 heteroatoms. The van der Waals surface area contributed by atoms with Crippen molar-refractivity contribution in [3.63, 3.8) is 0 Å². The standard InChI is InChI=1S/C14H18N4/c1-11-10-16-18(17-11)14-7-3-2-5-12(14)9-13-6-4-8-15-13/h2-3,5,7,10,13,15H,4,6,8-9H2,1H3. The highest BCUT2D eigenvalue weighted by atomic mass is 15.5. The lowest BCUT2D eigenvalue weighted by molar-refractivity contribution is 0.597. The molecule has 3 rings (SSSR count). The summed E-state index contributed by atoms with van der Waals surface area (Å²) in [6.45, 7) is 3.11. The molecule has 0 bridgehead atoms. The lowest BCUT2D eigenvalue weighted by Gasteiger charge is -2.13. The van der Waals surface area contributed by atoms with Gasteiger partial charge < -0.3 is 5.32 Å². The fraction of sp³-hybridized carbons (Fsp3) is 0.429. The number of hydrogen-bond acceptors (Lipinski definition) is 3. The molecule has 2 aromatic rings. The van der Waals surface area contributed by atoms with Gasteiger partial charge in [0, 0.05) is 6.04 Å². The minimum absolute atomic E-state index is 0.600. The summed E-state index contributed by atoms with van der Waals surface area (Å²) in [5.74, 6) is 0. The zero-order valence-corrected chi connectivity index (χ0v) is 10.6. The van der Waals surface area contributed by atoms with Crippen molar-refractivity contribution < 1.29 is 0 Å². The maximum atomic E-state index is 4.40. The molecule has 0 saturated carbocycles. The van der Waals surface area contributed by atoms with E-state index in [4.69, 9.17) is 0 Å². The van der Waals surface area contributed by atoms with Gasteiger partial charge in [0.2, 0.25) is 0 Å². The van der Waals surface area contributed by atoms with Gasteiger partial charge in [-0.1, -0.05) is 18.2 Å². The zero-order valence-electron chi connectivity index (χ0n) is 10.6. The van der Waals surface area contributed by atoms with Crippen molar-refractivity contribution >= 4 is 0 Å². The highest BCUT2D eigenvalue weighted by Crippen LogP contribution is 2.18. The molecule has 1 fully saturated rings. The van der Waals surface area contributed by atoms with E-state index in [2.05, 4.69) is 33.7 Å². The average molecular weight is 242 g/mol. The zero-order chi connectivity index (χ0) is 12.4. The molecule has 1 aliphatic rings. The molecule has 0 radical (unpaired) electrons. The SMILES string of the molecule is Cc1cnn(-c2ccccc2CC2CCCN2)n1. The number of nitrogens with zero attached hydrogens (tertiary/aromatic N) is 3. The first-order valence-corrected chi connectivity index (χ1v) is 6.53. The molecule has 0 amide bonds. The topological polar surface area (TPSA) is 42.7 Å². The van der Waals surface area contributed by atoms with Crippen molar-refractivity contribution in [2.24, 2.45) is 0 Å². The van der Waals surface area contributed by atoms with Crippen molar-refractivity contribution in [1.29, 1.82) is 0 Å². The van der Waals surface area contributed by atoms with Gasteiger partial charge in [-0.2, -0.15) is 15.0 Å². The molecule has 4 nitrogen and oxygen atoms in total. The van der Waals surface area contributed by atoms with Crippen molar-refractivity contribution in [3.05, 3.63) is 41.7 Å². The van der Waals surface area contributed by atoms with Gasteiger partial charge in [0.05, 0.1) is 17.6 Å². The van der Waals surface area contributed by atoms with Crippen molar-refractivity contribution in [2.75, 3.05) is 6.54 Å². The molecule has 1 aromatic heterocycles. The summed E-state index contributed by atoms with van der Waals surface area (Å²) in [4.78, 5) is 1.74. The van der Waals surface area contributed by atoms with Gasteiger partial charge >= 0.3 is 0 Å². The van der Waals surface area contributed by atoms with Crippen LogP contribution in [-0.2, 0) is 6.42 Å². The Kier molecular flexibility index (Phi) is 3.11. The molecule has 1 unspecified atom stereocenters. The van der Waals surface area contributed by atoms with Crippen LogP contribution in [0.1, 0.15) is 24.1 Å². The maximum Gasteiger partial charge on any atom is 0.0889 e. The van der Waals surface area contributed by atoms with Crippen molar-refractivity contribution in [2.45, 2.75) is 32.2 Å². The predicted molar refractivity (Wildman–Crippen MR) is 70.8 cm³/mol. The molecule has 1 atom stereocenters. The highest BCUT2D eigenvalue weighted by molar-refractivity contribution is 5.39. The number of rotatable bonds is 3. The van der Waals surface area contributed by atoms with Gasteiger partial charge in [-0.05, 0) is 44.4 Å². The Morgan fingerprint density at radius 1 is 1.39 bits per heavy atom. The number of nitrogens with one attached hydrogen (secondary N) is 1. The Bertz CT molecular complexity index is 526. The van der Waals surface area contributed by atoms with Gasteiger partial charge in [-0.3, -0.25) is 0 Å². The van der Waals surface area contributed by atoms with E-state index >= 15 is 0 Å². The lowest BCUT2D eigenvalue weighted by Crippen LogP contribution is -2.24. The second kappa shape index (κ2) is 4.90. The average Bonchev–Trinajstić information content (AvgIpc) is 3.02. The summed E-state index contributed by atoms with van der Waals surface area (Å²) in [6, 6.07) is 8.99. The first-order chi connectivity index (χ1) is 8.83. The van der Waals surface area contributed by atoms with Crippen molar-refractivity contribution in [3.8, 4) is 5.69 Å². The van der Waals surface area contributed by atoms with Crippen LogP contribution in [0.4, 0.5) is 0 Å². The Morgan fingerprint density at radius 2 is 2.28 bits per heavy atom. The summed E-state index contributed by atoms with van der Waals surface area (Å²) >= 11 is 0. The number of hydrogen-bond donors (Lipinski definition) is 1. The van der Waals surface area contributed by atoms with Gasteiger partial charge in [-0.25, -0.2) is 0 Å². The fourth-order valence-corrected chi connectivity index (χ4v) is 2.53. The van der Waals surface area contributed by atoms with Crippen LogP contribution in [0.3, 0.4) is 0 Å². The largest absolute Gasteiger partial charge is 0.314 e. The van der Waals surface area contributed by atoms with Gasteiger partial charge in [-0.15, -0.1) is 0 Å². The molecular weight excluding hydrogens is 224 g/mol. The predicted octanol–water partition coefficient (Wildman–Crippen LogP) is 1.87. The highest BCUT2D eigenvalue weighted by Gasteiger charge is 2.16. The summed E-state index contributed by atoms with van der Waals surface area (Å²) in [5.41, 5.74) is 3.36. The van der Waals surface area contributed by atoms with Crippen molar-refractivity contribution in [1.82, 2.24) is 20.3 Å². The molecular formula is C14H18N4. The normalized spacial score (nSPS) is 19.3. The summed E-state index contributed by atoms with van der Waals surface area (Å²) in [5, 5.41) is 12.2. The fourth-order valence-electron chi connectivity index (χ4n) is 2.53. The second-order valence-corrected chi connectivity index (χ2v) is 4.90. The second-order valence-electron chi connectivity index (χ2n) is 4.90. The monoisotopic (exact) mass is 242 g/mol. The van der Waals surface area contributed by atoms with E-state index in [1.165, 1.54) is 18.4 Å². The third-order valence-corrected chi connectivity index (χ3v) is 3.44. The van der Waals surface area contributed by atoms with Gasteiger partial charge in [0.15, 0.2) is 0 Å². The molecule has 1 saturated heterocycles. The third-order valence-electron chi connectivity index (χ3n) is 3.44. The summed E-state index contributed by atoms with van der Waals surface area (Å²) in [6.07, 6.45) is 5.40. The smallest absolute Gasteiger partial charge is 0.0889 e. The minimum Gasteiger partial charge on any atom is -0.314 e. The number of aryl methyl sites for hydroxylation is 1. The first kappa shape index (κ1) is 11.4. The van der Waals surface area contributed by atoms with Crippen LogP contribution in [-0.4, -0.2) is 27.6 Å². The van der Waals surface area contributed by atoms with Gasteiger partial charge in [0.1, 0.15) is 0 Å². The Morgan fingerprint density at radius 3 is 3.00 bits per heavy atom. The molecule has 94 valence electrons. The van der Waals surface area contributed by atoms with Gasteiger partial charge in [0.25, 0.3) is 0 Å². The van der Waals surface area contributed by atoms with E-state index < -0.39 is 0 Å². The Hall–Kier alpha value is -1.68. The summed E-state index contributed by atoms with van der Waals surface area (Å²) in [7, 11) is 0. The van der Waals surface area contributed by atoms with E-state index in [9.17, 15) is 0 Å². The van der Waals surface area contributed by atoms with E-state index in [1.54, 1.807) is 11.0 Å². The first-order valence-electron chi connectivity index (χ1n) is 6.53. The third kappa shape index (κ3) is 2.29. The number of aromatic nitrogens is 3. The Balaban J connectivity index is 1.89. The van der Waals surface area contributed by atoms with E-state index in [0.717, 1.165) is 24.3 Å². The Labute approximate surface area is 107 Å². The molecule has 0 spiro atoms. The van der Waals surface area contributed by atoms with E-state index in [1.807, 2.05) is 13.0 Å². The van der Waals surface area contributed by atoms with Crippen LogP contribution in [0.25, 0.3) is 5.69 Å². The number of para-hydroxylation sites is 1. The maximum absolute atomic E-state index is 4.40. The molecule has 1 aliphatic heterocycles. The van der Waals surface area contributed by atoms with Crippen LogP contribution >= 0.6 is 0 Å². The molecule has 0 aliphatic carbocycles. The van der Waals surface area contributed by atoms with Crippen LogP contribution in [0, 0.1) is 6.92 Å². The lowest BCUT2D eigenvalue weighted by atomic mass is 10.0. The molecule has 1 N–H and O–H groups in total. The quantitative estimate of drug-likeness (QED) is 0.893. The van der Waals surface area contributed by atoms with Crippen LogP contribution in [0.2, 0.25) is 0 Å². The van der Waals surface area contributed by atoms with Crippen LogP contribution in [0.15, 0.2) is 30.5 Å². The van der Waals surface area contributed by atoms with E-state index in [-0.39, 0.29) is 0 Å². The summed E-state index contributed by atoms with van der Waals surface area (Å²) < 4.78 is 0. The van der Waals surface area contributed by atoms with E-state index in [0.29, 0.717) is 6.04 Å². The van der Waals surface area contributed by atoms with Crippen LogP contribution < -0.4 is 5.32 Å². The molecule has 18 heavy (non-hydrogen) atoms. The molecule has 2 heterocycles.